The van der Waals surface area contributed by atoms with Crippen molar-refractivity contribution in [2.75, 3.05) is 7.11 Å². The molecule has 0 fully saturated rings. The molecule has 0 radical (unpaired) electrons. The molecule has 0 atom stereocenters. The van der Waals surface area contributed by atoms with E-state index in [9.17, 15) is 9.59 Å². The molecule has 0 amide bonds. The lowest BCUT2D eigenvalue weighted by atomic mass is 10.1. The van der Waals surface area contributed by atoms with Gasteiger partial charge in [-0.25, -0.2) is 4.79 Å². The largest absolute Gasteiger partial charge is 0.497 e. The fourth-order valence-electron chi connectivity index (χ4n) is 3.21. The van der Waals surface area contributed by atoms with Gasteiger partial charge in [-0.15, -0.1) is 0 Å². The SMILES string of the molecule is COc1cccc(/C=C2\Oc3c(ccc(OC(=O)c4ccc(C)cc4)c3C)C2=O)c1. The average molecular weight is 400 g/mol. The molecule has 30 heavy (non-hydrogen) atoms. The van der Waals surface area contributed by atoms with E-state index < -0.39 is 5.97 Å². The molecule has 1 aliphatic rings. The smallest absolute Gasteiger partial charge is 0.343 e. The first kappa shape index (κ1) is 19.5. The third-order valence-corrected chi connectivity index (χ3v) is 4.92. The molecule has 0 N–H and O–H groups in total. The van der Waals surface area contributed by atoms with Gasteiger partial charge in [-0.1, -0.05) is 29.8 Å². The van der Waals surface area contributed by atoms with Crippen LogP contribution in [0.1, 0.15) is 37.4 Å². The van der Waals surface area contributed by atoms with Gasteiger partial charge in [0.05, 0.1) is 18.2 Å². The minimum absolute atomic E-state index is 0.211. The number of ether oxygens (including phenoxy) is 3. The molecule has 1 heterocycles. The molecule has 0 saturated carbocycles. The fourth-order valence-corrected chi connectivity index (χ4v) is 3.21. The van der Waals surface area contributed by atoms with Gasteiger partial charge in [0.25, 0.3) is 0 Å². The standard InChI is InChI=1S/C25H20O5/c1-15-7-9-18(10-8-15)25(27)30-21-12-11-20-23(26)22(29-24(20)16(21)2)14-17-5-4-6-19(13-17)28-3/h4-14H,1-3H3/b22-14-. The van der Waals surface area contributed by atoms with E-state index in [1.807, 2.05) is 43.3 Å². The second kappa shape index (κ2) is 7.87. The summed E-state index contributed by atoms with van der Waals surface area (Å²) in [5.74, 6) is 0.983. The molecule has 150 valence electrons. The third kappa shape index (κ3) is 3.70. The third-order valence-electron chi connectivity index (χ3n) is 4.92. The quantitative estimate of drug-likeness (QED) is 0.344. The molecule has 5 nitrogen and oxygen atoms in total. The lowest BCUT2D eigenvalue weighted by Crippen LogP contribution is -2.09. The number of benzene rings is 3. The number of aryl methyl sites for hydroxylation is 1. The molecule has 1 aliphatic heterocycles. The van der Waals surface area contributed by atoms with Gasteiger partial charge in [0.15, 0.2) is 5.76 Å². The van der Waals surface area contributed by atoms with Gasteiger partial charge in [0.2, 0.25) is 5.78 Å². The van der Waals surface area contributed by atoms with E-state index in [1.165, 1.54) is 0 Å². The van der Waals surface area contributed by atoms with Gasteiger partial charge in [-0.05, 0) is 61.9 Å². The normalized spacial score (nSPS) is 13.7. The van der Waals surface area contributed by atoms with Crippen molar-refractivity contribution in [2.24, 2.45) is 0 Å². The van der Waals surface area contributed by atoms with Gasteiger partial charge in [0.1, 0.15) is 17.2 Å². The minimum Gasteiger partial charge on any atom is -0.497 e. The van der Waals surface area contributed by atoms with Crippen molar-refractivity contribution < 1.29 is 23.8 Å². The highest BCUT2D eigenvalue weighted by atomic mass is 16.5. The molecule has 0 bridgehead atoms. The zero-order valence-corrected chi connectivity index (χ0v) is 16.9. The second-order valence-corrected chi connectivity index (χ2v) is 7.04. The Morgan fingerprint density at radius 1 is 1.00 bits per heavy atom. The van der Waals surface area contributed by atoms with Gasteiger partial charge in [0, 0.05) is 5.56 Å². The minimum atomic E-state index is -0.463. The van der Waals surface area contributed by atoms with E-state index in [4.69, 9.17) is 14.2 Å². The molecular formula is C25H20O5. The molecule has 3 aromatic carbocycles. The summed E-state index contributed by atoms with van der Waals surface area (Å²) >= 11 is 0. The first-order valence-electron chi connectivity index (χ1n) is 9.47. The Bertz CT molecular complexity index is 1170. The highest BCUT2D eigenvalue weighted by Gasteiger charge is 2.30. The maximum Gasteiger partial charge on any atom is 0.343 e. The zero-order valence-electron chi connectivity index (χ0n) is 16.9. The number of fused-ring (bicyclic) bond motifs is 1. The van der Waals surface area contributed by atoms with E-state index in [0.29, 0.717) is 33.9 Å². The van der Waals surface area contributed by atoms with Crippen LogP contribution in [0.4, 0.5) is 0 Å². The fraction of sp³-hybridized carbons (Fsp3) is 0.120. The Morgan fingerprint density at radius 3 is 2.50 bits per heavy atom. The van der Waals surface area contributed by atoms with Crippen LogP contribution in [0.3, 0.4) is 0 Å². The van der Waals surface area contributed by atoms with Crippen LogP contribution in [0, 0.1) is 13.8 Å². The Hall–Kier alpha value is -3.86. The highest BCUT2D eigenvalue weighted by molar-refractivity contribution is 6.15. The van der Waals surface area contributed by atoms with Crippen molar-refractivity contribution in [2.45, 2.75) is 13.8 Å². The summed E-state index contributed by atoms with van der Waals surface area (Å²) in [7, 11) is 1.59. The van der Waals surface area contributed by atoms with Crippen LogP contribution >= 0.6 is 0 Å². The maximum atomic E-state index is 12.8. The van der Waals surface area contributed by atoms with E-state index in [-0.39, 0.29) is 11.5 Å². The second-order valence-electron chi connectivity index (χ2n) is 7.04. The van der Waals surface area contributed by atoms with Crippen LogP contribution in [-0.2, 0) is 0 Å². The summed E-state index contributed by atoms with van der Waals surface area (Å²) in [5, 5.41) is 0. The highest BCUT2D eigenvalue weighted by Crippen LogP contribution is 2.39. The number of allylic oxidation sites excluding steroid dienone is 1. The first-order valence-corrected chi connectivity index (χ1v) is 9.47. The van der Waals surface area contributed by atoms with Gasteiger partial charge >= 0.3 is 5.97 Å². The van der Waals surface area contributed by atoms with Crippen LogP contribution in [0.15, 0.2) is 66.4 Å². The summed E-state index contributed by atoms with van der Waals surface area (Å²) in [6, 6.07) is 17.7. The average Bonchev–Trinajstić information content (AvgIpc) is 3.07. The van der Waals surface area contributed by atoms with Crippen LogP contribution < -0.4 is 14.2 Å². The van der Waals surface area contributed by atoms with Crippen LogP contribution in [0.5, 0.6) is 17.2 Å². The van der Waals surface area contributed by atoms with E-state index in [1.54, 1.807) is 44.4 Å². The summed E-state index contributed by atoms with van der Waals surface area (Å²) in [5.41, 5.74) is 3.33. The summed E-state index contributed by atoms with van der Waals surface area (Å²) < 4.78 is 16.6. The number of methoxy groups -OCH3 is 1. The predicted molar refractivity (Wildman–Crippen MR) is 113 cm³/mol. The van der Waals surface area contributed by atoms with Gasteiger partial charge < -0.3 is 14.2 Å². The Balaban J connectivity index is 1.60. The molecule has 3 aromatic rings. The first-order chi connectivity index (χ1) is 14.5. The Kier molecular flexibility index (Phi) is 5.11. The number of rotatable bonds is 4. The van der Waals surface area contributed by atoms with Crippen molar-refractivity contribution in [1.29, 1.82) is 0 Å². The van der Waals surface area contributed by atoms with Crippen LogP contribution in [0.25, 0.3) is 6.08 Å². The molecule has 5 heteroatoms. The van der Waals surface area contributed by atoms with Crippen molar-refractivity contribution in [3.8, 4) is 17.2 Å². The molecule has 0 spiro atoms. The van der Waals surface area contributed by atoms with E-state index in [2.05, 4.69) is 0 Å². The van der Waals surface area contributed by atoms with Crippen molar-refractivity contribution in [3.05, 3.63) is 94.2 Å². The van der Waals surface area contributed by atoms with Crippen LogP contribution in [-0.4, -0.2) is 18.9 Å². The number of hydrogen-bond donors (Lipinski definition) is 0. The number of esters is 1. The molecule has 0 aromatic heterocycles. The predicted octanol–water partition coefficient (Wildman–Crippen LogP) is 5.15. The van der Waals surface area contributed by atoms with Gasteiger partial charge in [-0.3, -0.25) is 4.79 Å². The number of carbonyl (C=O) groups excluding carboxylic acids is 2. The molecule has 4 rings (SSSR count). The molecule has 0 unspecified atom stereocenters. The van der Waals surface area contributed by atoms with E-state index >= 15 is 0 Å². The number of Topliss-reactive ketones (excluding diaryl/α,β-unsaturated/α-hetero) is 1. The lowest BCUT2D eigenvalue weighted by Gasteiger charge is -2.10. The summed E-state index contributed by atoms with van der Waals surface area (Å²) in [4.78, 5) is 25.2. The Labute approximate surface area is 174 Å². The maximum absolute atomic E-state index is 12.8. The molecule has 0 aliphatic carbocycles. The van der Waals surface area contributed by atoms with Crippen LogP contribution in [0.2, 0.25) is 0 Å². The lowest BCUT2D eigenvalue weighted by molar-refractivity contribution is 0.0733. The summed E-state index contributed by atoms with van der Waals surface area (Å²) in [6.07, 6.45) is 1.67. The number of carbonyl (C=O) groups is 2. The molecule has 0 saturated heterocycles. The van der Waals surface area contributed by atoms with Gasteiger partial charge in [-0.2, -0.15) is 0 Å². The number of ketones is 1. The van der Waals surface area contributed by atoms with Crippen molar-refractivity contribution >= 4 is 17.8 Å². The zero-order chi connectivity index (χ0) is 21.3. The topological polar surface area (TPSA) is 61.8 Å². The van der Waals surface area contributed by atoms with E-state index in [0.717, 1.165) is 11.1 Å². The monoisotopic (exact) mass is 400 g/mol. The Morgan fingerprint density at radius 2 is 1.77 bits per heavy atom. The van der Waals surface area contributed by atoms with Crippen molar-refractivity contribution in [1.82, 2.24) is 0 Å². The summed E-state index contributed by atoms with van der Waals surface area (Å²) in [6.45, 7) is 3.71. The van der Waals surface area contributed by atoms with Crippen molar-refractivity contribution in [3.63, 3.8) is 0 Å². The molecular weight excluding hydrogens is 380 g/mol. The number of hydrogen-bond acceptors (Lipinski definition) is 5.